The van der Waals surface area contributed by atoms with Crippen molar-refractivity contribution in [2.75, 3.05) is 5.32 Å². The van der Waals surface area contributed by atoms with Crippen LogP contribution in [0.4, 0.5) is 11.5 Å². The van der Waals surface area contributed by atoms with Gasteiger partial charge in [-0.25, -0.2) is 9.97 Å². The fourth-order valence-corrected chi connectivity index (χ4v) is 3.11. The number of para-hydroxylation sites is 1. The van der Waals surface area contributed by atoms with Gasteiger partial charge in [0.25, 0.3) is 0 Å². The number of anilines is 2. The maximum absolute atomic E-state index is 6.17. The Bertz CT molecular complexity index is 1110. The lowest BCUT2D eigenvalue weighted by Gasteiger charge is -2.13. The number of hydrogen-bond acceptors (Lipinski definition) is 3. The highest BCUT2D eigenvalue weighted by molar-refractivity contribution is 6.30. The largest absolute Gasteiger partial charge is 0.339 e. The Labute approximate surface area is 157 Å². The van der Waals surface area contributed by atoms with E-state index in [1.54, 1.807) is 0 Å². The van der Waals surface area contributed by atoms with Crippen molar-refractivity contribution in [3.63, 3.8) is 0 Å². The number of aryl methyl sites for hydroxylation is 2. The maximum Gasteiger partial charge on any atom is 0.162 e. The van der Waals surface area contributed by atoms with Crippen molar-refractivity contribution in [2.24, 2.45) is 0 Å². The summed E-state index contributed by atoms with van der Waals surface area (Å²) in [6.07, 6.45) is 0. The molecule has 4 heteroatoms. The summed E-state index contributed by atoms with van der Waals surface area (Å²) < 4.78 is 0. The van der Waals surface area contributed by atoms with Gasteiger partial charge < -0.3 is 5.32 Å². The van der Waals surface area contributed by atoms with E-state index < -0.39 is 0 Å². The van der Waals surface area contributed by atoms with E-state index in [-0.39, 0.29) is 0 Å². The Morgan fingerprint density at radius 2 is 1.69 bits per heavy atom. The fraction of sp³-hybridized carbons (Fsp3) is 0.0909. The number of fused-ring (bicyclic) bond motifs is 1. The quantitative estimate of drug-likeness (QED) is 0.465. The topological polar surface area (TPSA) is 37.8 Å². The molecule has 0 aliphatic heterocycles. The van der Waals surface area contributed by atoms with Crippen molar-refractivity contribution >= 4 is 34.0 Å². The van der Waals surface area contributed by atoms with Gasteiger partial charge in [0.15, 0.2) is 5.82 Å². The molecule has 0 saturated carbocycles. The van der Waals surface area contributed by atoms with Gasteiger partial charge in [-0.1, -0.05) is 53.6 Å². The van der Waals surface area contributed by atoms with Gasteiger partial charge in [-0.2, -0.15) is 0 Å². The van der Waals surface area contributed by atoms with Crippen molar-refractivity contribution in [1.29, 1.82) is 0 Å². The number of nitrogens with one attached hydrogen (secondary N) is 1. The van der Waals surface area contributed by atoms with Crippen molar-refractivity contribution in [1.82, 2.24) is 9.97 Å². The number of rotatable bonds is 3. The average molecular weight is 360 g/mol. The third kappa shape index (κ3) is 3.26. The first-order chi connectivity index (χ1) is 12.6. The van der Waals surface area contributed by atoms with Crippen LogP contribution in [0.15, 0.2) is 66.7 Å². The number of halogens is 1. The van der Waals surface area contributed by atoms with E-state index in [0.717, 1.165) is 33.5 Å². The summed E-state index contributed by atoms with van der Waals surface area (Å²) in [5, 5.41) is 5.11. The zero-order valence-corrected chi connectivity index (χ0v) is 15.4. The summed E-state index contributed by atoms with van der Waals surface area (Å²) in [5.41, 5.74) is 5.13. The fourth-order valence-electron chi connectivity index (χ4n) is 2.94. The molecule has 0 atom stereocenters. The molecule has 4 aromatic rings. The minimum Gasteiger partial charge on any atom is -0.339 e. The molecule has 4 rings (SSSR count). The molecule has 3 nitrogen and oxygen atoms in total. The molecular weight excluding hydrogens is 342 g/mol. The molecular formula is C22H18ClN3. The van der Waals surface area contributed by atoms with Crippen molar-refractivity contribution < 1.29 is 0 Å². The van der Waals surface area contributed by atoms with Crippen LogP contribution in [0.1, 0.15) is 11.1 Å². The Balaban J connectivity index is 1.88. The van der Waals surface area contributed by atoms with E-state index in [9.17, 15) is 0 Å². The lowest BCUT2D eigenvalue weighted by atomic mass is 10.1. The molecule has 0 radical (unpaired) electrons. The SMILES string of the molecule is Cc1cccc(-c2nc(Nc3cc(Cl)ccc3C)c3ccccc3n2)c1. The van der Waals surface area contributed by atoms with Gasteiger partial charge in [0.1, 0.15) is 5.82 Å². The molecule has 0 unspecified atom stereocenters. The van der Waals surface area contributed by atoms with Crippen LogP contribution in [-0.4, -0.2) is 9.97 Å². The zero-order valence-electron chi connectivity index (χ0n) is 14.6. The summed E-state index contributed by atoms with van der Waals surface area (Å²) in [7, 11) is 0. The first-order valence-electron chi connectivity index (χ1n) is 8.47. The lowest BCUT2D eigenvalue weighted by molar-refractivity contribution is 1.22. The van der Waals surface area contributed by atoms with Crippen LogP contribution in [0.3, 0.4) is 0 Å². The van der Waals surface area contributed by atoms with E-state index in [4.69, 9.17) is 21.6 Å². The van der Waals surface area contributed by atoms with E-state index >= 15 is 0 Å². The molecule has 0 aliphatic carbocycles. The van der Waals surface area contributed by atoms with Crippen LogP contribution in [0.25, 0.3) is 22.3 Å². The van der Waals surface area contributed by atoms with Crippen LogP contribution in [0.5, 0.6) is 0 Å². The first-order valence-corrected chi connectivity index (χ1v) is 8.85. The van der Waals surface area contributed by atoms with E-state index in [2.05, 4.69) is 24.4 Å². The zero-order chi connectivity index (χ0) is 18.1. The summed E-state index contributed by atoms with van der Waals surface area (Å²) in [6.45, 7) is 4.11. The third-order valence-corrected chi connectivity index (χ3v) is 4.57. The Morgan fingerprint density at radius 3 is 2.54 bits per heavy atom. The maximum atomic E-state index is 6.17. The molecule has 1 N–H and O–H groups in total. The molecule has 3 aromatic carbocycles. The average Bonchev–Trinajstić information content (AvgIpc) is 2.64. The predicted molar refractivity (Wildman–Crippen MR) is 109 cm³/mol. The second kappa shape index (κ2) is 6.77. The van der Waals surface area contributed by atoms with Crippen LogP contribution >= 0.6 is 11.6 Å². The Hall–Kier alpha value is -2.91. The highest BCUT2D eigenvalue weighted by atomic mass is 35.5. The summed E-state index contributed by atoms with van der Waals surface area (Å²) in [5.74, 6) is 1.48. The number of nitrogens with zero attached hydrogens (tertiary/aromatic N) is 2. The number of aromatic nitrogens is 2. The molecule has 0 saturated heterocycles. The van der Waals surface area contributed by atoms with Gasteiger partial charge in [0.05, 0.1) is 5.52 Å². The number of benzene rings is 3. The van der Waals surface area contributed by atoms with Gasteiger partial charge in [-0.15, -0.1) is 0 Å². The van der Waals surface area contributed by atoms with Crippen LogP contribution in [-0.2, 0) is 0 Å². The van der Waals surface area contributed by atoms with Crippen LogP contribution in [0, 0.1) is 13.8 Å². The van der Waals surface area contributed by atoms with Gasteiger partial charge in [-0.3, -0.25) is 0 Å². The van der Waals surface area contributed by atoms with Crippen molar-refractivity contribution in [2.45, 2.75) is 13.8 Å². The first kappa shape index (κ1) is 16.6. The highest BCUT2D eigenvalue weighted by Crippen LogP contribution is 2.29. The van der Waals surface area contributed by atoms with Gasteiger partial charge in [-0.05, 0) is 49.7 Å². The number of hydrogen-bond donors (Lipinski definition) is 1. The minimum atomic E-state index is 0.690. The normalized spacial score (nSPS) is 10.9. The molecule has 1 heterocycles. The van der Waals surface area contributed by atoms with E-state index in [1.807, 2.05) is 61.5 Å². The molecule has 1 aromatic heterocycles. The lowest BCUT2D eigenvalue weighted by Crippen LogP contribution is -2.00. The Morgan fingerprint density at radius 1 is 0.846 bits per heavy atom. The second-order valence-electron chi connectivity index (χ2n) is 6.37. The predicted octanol–water partition coefficient (Wildman–Crippen LogP) is 6.31. The third-order valence-electron chi connectivity index (χ3n) is 4.33. The van der Waals surface area contributed by atoms with Gasteiger partial charge in [0, 0.05) is 21.7 Å². The van der Waals surface area contributed by atoms with Gasteiger partial charge >= 0.3 is 0 Å². The summed E-state index contributed by atoms with van der Waals surface area (Å²) >= 11 is 6.17. The molecule has 0 aliphatic rings. The molecule has 128 valence electrons. The molecule has 0 amide bonds. The second-order valence-corrected chi connectivity index (χ2v) is 6.80. The highest BCUT2D eigenvalue weighted by Gasteiger charge is 2.11. The standard InChI is InChI=1S/C22H18ClN3/c1-14-6-5-7-16(12-14)21-24-19-9-4-3-8-18(19)22(26-21)25-20-13-17(23)11-10-15(20)2/h3-13H,1-2H3,(H,24,25,26). The minimum absolute atomic E-state index is 0.690. The summed E-state index contributed by atoms with van der Waals surface area (Å²) in [4.78, 5) is 9.56. The van der Waals surface area contributed by atoms with Crippen molar-refractivity contribution in [3.8, 4) is 11.4 Å². The Kier molecular flexibility index (Phi) is 4.31. The van der Waals surface area contributed by atoms with Crippen LogP contribution < -0.4 is 5.32 Å². The molecule has 0 spiro atoms. The molecule has 0 fully saturated rings. The van der Waals surface area contributed by atoms with Gasteiger partial charge in [0.2, 0.25) is 0 Å². The van der Waals surface area contributed by atoms with Crippen molar-refractivity contribution in [3.05, 3.63) is 82.9 Å². The van der Waals surface area contributed by atoms with E-state index in [1.165, 1.54) is 5.56 Å². The van der Waals surface area contributed by atoms with Crippen LogP contribution in [0.2, 0.25) is 5.02 Å². The monoisotopic (exact) mass is 359 g/mol. The van der Waals surface area contributed by atoms with E-state index in [0.29, 0.717) is 10.8 Å². The smallest absolute Gasteiger partial charge is 0.162 e. The summed E-state index contributed by atoms with van der Waals surface area (Å²) in [6, 6.07) is 22.0. The molecule has 0 bridgehead atoms. The molecule has 26 heavy (non-hydrogen) atoms.